The van der Waals surface area contributed by atoms with Crippen LogP contribution in [0.5, 0.6) is 0 Å². The second-order valence-electron chi connectivity index (χ2n) is 3.51. The van der Waals surface area contributed by atoms with Gasteiger partial charge in [0, 0.05) is 11.9 Å². The third-order valence-corrected chi connectivity index (χ3v) is 2.93. The van der Waals surface area contributed by atoms with Crippen molar-refractivity contribution in [3.05, 3.63) is 52.3 Å². The smallest absolute Gasteiger partial charge is 0.259 e. The average molecular weight is 282 g/mol. The fourth-order valence-electron chi connectivity index (χ4n) is 1.43. The molecule has 1 aromatic heterocycles. The second-order valence-corrected chi connectivity index (χ2v) is 4.33. The van der Waals surface area contributed by atoms with Gasteiger partial charge >= 0.3 is 0 Å². The van der Waals surface area contributed by atoms with E-state index < -0.39 is 5.91 Å². The van der Waals surface area contributed by atoms with E-state index in [0.29, 0.717) is 16.4 Å². The molecule has 0 saturated carbocycles. The van der Waals surface area contributed by atoms with Gasteiger partial charge in [0.25, 0.3) is 5.91 Å². The lowest BCUT2D eigenvalue weighted by atomic mass is 10.1. The summed E-state index contributed by atoms with van der Waals surface area (Å²) < 4.78 is 0. The van der Waals surface area contributed by atoms with E-state index in [4.69, 9.17) is 28.9 Å². The van der Waals surface area contributed by atoms with Gasteiger partial charge in [-0.15, -0.1) is 0 Å². The predicted molar refractivity (Wildman–Crippen MR) is 73.1 cm³/mol. The summed E-state index contributed by atoms with van der Waals surface area (Å²) in [6, 6.07) is 6.45. The van der Waals surface area contributed by atoms with Crippen LogP contribution in [0.25, 0.3) is 0 Å². The van der Waals surface area contributed by atoms with Crippen LogP contribution < -0.4 is 11.1 Å². The van der Waals surface area contributed by atoms with Crippen LogP contribution in [0.4, 0.5) is 11.4 Å². The zero-order chi connectivity index (χ0) is 13.1. The van der Waals surface area contributed by atoms with Crippen LogP contribution in [-0.2, 0) is 0 Å². The summed E-state index contributed by atoms with van der Waals surface area (Å²) in [5.74, 6) is -0.423. The molecule has 1 aromatic carbocycles. The largest absolute Gasteiger partial charge is 0.398 e. The molecule has 0 radical (unpaired) electrons. The number of amides is 1. The highest BCUT2D eigenvalue weighted by atomic mass is 35.5. The molecule has 0 aliphatic rings. The highest BCUT2D eigenvalue weighted by Crippen LogP contribution is 2.25. The molecule has 1 amide bonds. The topological polar surface area (TPSA) is 68.0 Å². The number of pyridine rings is 1. The molecule has 0 aliphatic heterocycles. The summed E-state index contributed by atoms with van der Waals surface area (Å²) >= 11 is 11.9. The molecule has 2 rings (SSSR count). The van der Waals surface area contributed by atoms with E-state index in [0.717, 1.165) is 0 Å². The molecule has 1 heterocycles. The fraction of sp³-hybridized carbons (Fsp3) is 0. The molecule has 0 saturated heterocycles. The molecule has 0 unspecified atom stereocenters. The number of nitrogens with zero attached hydrogens (tertiary/aromatic N) is 1. The number of nitrogens with one attached hydrogen (secondary N) is 1. The van der Waals surface area contributed by atoms with E-state index in [1.807, 2.05) is 0 Å². The quantitative estimate of drug-likeness (QED) is 0.831. The summed E-state index contributed by atoms with van der Waals surface area (Å²) in [7, 11) is 0. The van der Waals surface area contributed by atoms with Gasteiger partial charge in [0.1, 0.15) is 0 Å². The van der Waals surface area contributed by atoms with E-state index in [1.165, 1.54) is 12.4 Å². The Hall–Kier alpha value is -1.78. The third-order valence-electron chi connectivity index (χ3n) is 2.29. The average Bonchev–Trinajstić information content (AvgIpc) is 2.32. The van der Waals surface area contributed by atoms with Gasteiger partial charge in [-0.25, -0.2) is 0 Å². The standard InChI is InChI=1S/C12H9Cl2N3O/c13-7-4-5-16-6-10(7)17-12(18)11-8(14)2-1-3-9(11)15/h1-6H,15H2,(H,17,18). The van der Waals surface area contributed by atoms with Gasteiger partial charge in [0.05, 0.1) is 27.5 Å². The Balaban J connectivity index is 2.31. The minimum atomic E-state index is -0.423. The number of halogens is 2. The molecule has 4 nitrogen and oxygen atoms in total. The van der Waals surface area contributed by atoms with Crippen LogP contribution in [0.3, 0.4) is 0 Å². The van der Waals surface area contributed by atoms with Gasteiger partial charge in [0.15, 0.2) is 0 Å². The molecule has 0 atom stereocenters. The number of rotatable bonds is 2. The Bertz CT molecular complexity index is 581. The van der Waals surface area contributed by atoms with Crippen molar-refractivity contribution in [2.75, 3.05) is 11.1 Å². The van der Waals surface area contributed by atoms with E-state index in [-0.39, 0.29) is 10.6 Å². The minimum absolute atomic E-state index is 0.221. The lowest BCUT2D eigenvalue weighted by molar-refractivity contribution is 0.102. The van der Waals surface area contributed by atoms with Crippen LogP contribution in [-0.4, -0.2) is 10.9 Å². The summed E-state index contributed by atoms with van der Waals surface area (Å²) in [4.78, 5) is 15.9. The van der Waals surface area contributed by atoms with Crippen LogP contribution >= 0.6 is 23.2 Å². The molecule has 0 aliphatic carbocycles. The van der Waals surface area contributed by atoms with Crippen molar-refractivity contribution in [3.8, 4) is 0 Å². The first-order valence-electron chi connectivity index (χ1n) is 5.04. The molecular formula is C12H9Cl2N3O. The van der Waals surface area contributed by atoms with Gasteiger partial charge < -0.3 is 11.1 Å². The molecular weight excluding hydrogens is 273 g/mol. The van der Waals surface area contributed by atoms with Crippen molar-refractivity contribution >= 4 is 40.5 Å². The SMILES string of the molecule is Nc1cccc(Cl)c1C(=O)Nc1cnccc1Cl. The van der Waals surface area contributed by atoms with Gasteiger partial charge in [-0.3, -0.25) is 9.78 Å². The number of nitrogen functional groups attached to an aromatic ring is 1. The normalized spacial score (nSPS) is 10.1. The Morgan fingerprint density at radius 2 is 2.00 bits per heavy atom. The molecule has 3 N–H and O–H groups in total. The van der Waals surface area contributed by atoms with Gasteiger partial charge in [-0.1, -0.05) is 29.3 Å². The summed E-state index contributed by atoms with van der Waals surface area (Å²) in [5, 5.41) is 3.29. The first-order valence-corrected chi connectivity index (χ1v) is 5.80. The van der Waals surface area contributed by atoms with Crippen LogP contribution in [0, 0.1) is 0 Å². The number of aromatic nitrogens is 1. The molecule has 2 aromatic rings. The number of carbonyl (C=O) groups is 1. The van der Waals surface area contributed by atoms with Crippen LogP contribution in [0.15, 0.2) is 36.7 Å². The number of benzene rings is 1. The van der Waals surface area contributed by atoms with Crippen molar-refractivity contribution in [2.45, 2.75) is 0 Å². The Labute approximate surface area is 114 Å². The van der Waals surface area contributed by atoms with Crippen molar-refractivity contribution in [1.29, 1.82) is 0 Å². The minimum Gasteiger partial charge on any atom is -0.398 e. The van der Waals surface area contributed by atoms with Crippen LogP contribution in [0.1, 0.15) is 10.4 Å². The summed E-state index contributed by atoms with van der Waals surface area (Å²) in [5.41, 5.74) is 6.65. The van der Waals surface area contributed by atoms with Crippen molar-refractivity contribution in [2.24, 2.45) is 0 Å². The Kier molecular flexibility index (Phi) is 3.69. The maximum absolute atomic E-state index is 12.0. The molecule has 6 heteroatoms. The molecule has 18 heavy (non-hydrogen) atoms. The summed E-state index contributed by atoms with van der Waals surface area (Å²) in [6.07, 6.45) is 2.98. The molecule has 92 valence electrons. The maximum atomic E-state index is 12.0. The zero-order valence-electron chi connectivity index (χ0n) is 9.15. The van der Waals surface area contributed by atoms with E-state index >= 15 is 0 Å². The van der Waals surface area contributed by atoms with Crippen molar-refractivity contribution in [3.63, 3.8) is 0 Å². The van der Waals surface area contributed by atoms with E-state index in [2.05, 4.69) is 10.3 Å². The lowest BCUT2D eigenvalue weighted by Gasteiger charge is -2.09. The number of hydrogen-bond acceptors (Lipinski definition) is 3. The van der Waals surface area contributed by atoms with Crippen molar-refractivity contribution < 1.29 is 4.79 Å². The number of hydrogen-bond donors (Lipinski definition) is 2. The van der Waals surface area contributed by atoms with E-state index in [9.17, 15) is 4.79 Å². The van der Waals surface area contributed by atoms with Gasteiger partial charge in [0.2, 0.25) is 0 Å². The Morgan fingerprint density at radius 3 is 2.67 bits per heavy atom. The molecule has 0 bridgehead atoms. The van der Waals surface area contributed by atoms with Gasteiger partial charge in [-0.2, -0.15) is 0 Å². The lowest BCUT2D eigenvalue weighted by Crippen LogP contribution is -2.15. The van der Waals surface area contributed by atoms with Crippen LogP contribution in [0.2, 0.25) is 10.0 Å². The number of nitrogens with two attached hydrogens (primary N) is 1. The third kappa shape index (κ3) is 2.55. The highest BCUT2D eigenvalue weighted by Gasteiger charge is 2.15. The monoisotopic (exact) mass is 281 g/mol. The molecule has 0 fully saturated rings. The van der Waals surface area contributed by atoms with Gasteiger partial charge in [-0.05, 0) is 18.2 Å². The Morgan fingerprint density at radius 1 is 1.22 bits per heavy atom. The maximum Gasteiger partial charge on any atom is 0.259 e. The second kappa shape index (κ2) is 5.25. The number of carbonyl (C=O) groups excluding carboxylic acids is 1. The fourth-order valence-corrected chi connectivity index (χ4v) is 1.85. The predicted octanol–water partition coefficient (Wildman–Crippen LogP) is 3.22. The summed E-state index contributed by atoms with van der Waals surface area (Å²) in [6.45, 7) is 0. The first-order chi connectivity index (χ1) is 8.59. The zero-order valence-corrected chi connectivity index (χ0v) is 10.7. The highest BCUT2D eigenvalue weighted by molar-refractivity contribution is 6.36. The van der Waals surface area contributed by atoms with Crippen molar-refractivity contribution in [1.82, 2.24) is 4.98 Å². The first kappa shape index (κ1) is 12.7. The van der Waals surface area contributed by atoms with E-state index in [1.54, 1.807) is 24.3 Å². The molecule has 0 spiro atoms. The number of anilines is 2.